The first-order valence-electron chi connectivity index (χ1n) is 11.6. The molecule has 3 heterocycles. The summed E-state index contributed by atoms with van der Waals surface area (Å²) in [5.74, 6) is 1.06. The molecule has 1 aliphatic rings. The van der Waals surface area contributed by atoms with E-state index in [0.29, 0.717) is 50.4 Å². The normalized spacial score (nSPS) is 16.6. The molecule has 34 heavy (non-hydrogen) atoms. The van der Waals surface area contributed by atoms with Crippen molar-refractivity contribution < 1.29 is 22.5 Å². The van der Waals surface area contributed by atoms with Gasteiger partial charge in [-0.1, -0.05) is 12.1 Å². The number of piperidine rings is 1. The number of aryl methyl sites for hydroxylation is 2. The fourth-order valence-electron chi connectivity index (χ4n) is 4.77. The highest BCUT2D eigenvalue weighted by molar-refractivity contribution is 7.89. The molecule has 0 saturated carbocycles. The van der Waals surface area contributed by atoms with Gasteiger partial charge in [0.15, 0.2) is 5.76 Å². The highest BCUT2D eigenvalue weighted by Crippen LogP contribution is 2.31. The first-order chi connectivity index (χ1) is 16.2. The van der Waals surface area contributed by atoms with Gasteiger partial charge in [-0.05, 0) is 62.8 Å². The summed E-state index contributed by atoms with van der Waals surface area (Å²) in [6.45, 7) is 6.47. The van der Waals surface area contributed by atoms with Crippen LogP contribution in [-0.4, -0.2) is 55.5 Å². The Labute approximate surface area is 199 Å². The smallest absolute Gasteiger partial charge is 0.248 e. The van der Waals surface area contributed by atoms with E-state index in [0.717, 1.165) is 22.2 Å². The average molecular weight is 489 g/mol. The second-order valence-electron chi connectivity index (χ2n) is 8.95. The van der Waals surface area contributed by atoms with Crippen molar-refractivity contribution in [1.82, 2.24) is 19.8 Å². The highest BCUT2D eigenvalue weighted by atomic mass is 32.2. The summed E-state index contributed by atoms with van der Waals surface area (Å²) < 4.78 is 37.9. The van der Waals surface area contributed by atoms with Gasteiger partial charge in [-0.15, -0.1) is 0 Å². The van der Waals surface area contributed by atoms with Gasteiger partial charge in [0.2, 0.25) is 15.9 Å². The van der Waals surface area contributed by atoms with E-state index in [1.807, 2.05) is 31.3 Å². The predicted octanol–water partition coefficient (Wildman–Crippen LogP) is 3.18. The lowest BCUT2D eigenvalue weighted by molar-refractivity contribution is -0.126. The molecule has 1 saturated heterocycles. The summed E-state index contributed by atoms with van der Waals surface area (Å²) in [5, 5.41) is 7.92. The first-order valence-corrected chi connectivity index (χ1v) is 13.0. The maximum absolute atomic E-state index is 13.0. The van der Waals surface area contributed by atoms with Gasteiger partial charge in [-0.25, -0.2) is 8.42 Å². The van der Waals surface area contributed by atoms with Crippen LogP contribution in [0.5, 0.6) is 5.75 Å². The monoisotopic (exact) mass is 488 g/mol. The van der Waals surface area contributed by atoms with Crippen LogP contribution >= 0.6 is 0 Å². The van der Waals surface area contributed by atoms with Crippen LogP contribution in [0.3, 0.4) is 0 Å². The maximum Gasteiger partial charge on any atom is 0.248 e. The number of sulfonamides is 1. The molecule has 1 amide bonds. The zero-order chi connectivity index (χ0) is 24.5. The van der Waals surface area contributed by atoms with Crippen LogP contribution in [0.15, 0.2) is 33.8 Å². The van der Waals surface area contributed by atoms with E-state index in [2.05, 4.69) is 15.5 Å². The first kappa shape index (κ1) is 24.3. The lowest BCUT2D eigenvalue weighted by atomic mass is 9.85. The number of H-pyrrole nitrogens is 1. The Morgan fingerprint density at radius 2 is 2.06 bits per heavy atom. The number of carbonyl (C=O) groups excluding carboxylic acids is 1. The Bertz CT molecular complexity index is 1250. The van der Waals surface area contributed by atoms with Crippen molar-refractivity contribution in [1.29, 1.82) is 0 Å². The minimum atomic E-state index is -3.65. The molecule has 1 aliphatic heterocycles. The molecule has 4 rings (SSSR count). The third kappa shape index (κ3) is 4.69. The number of aromatic amines is 1. The molecule has 0 spiro atoms. The van der Waals surface area contributed by atoms with Crippen molar-refractivity contribution >= 4 is 26.8 Å². The molecule has 1 fully saturated rings. The number of amides is 1. The number of carbonyl (C=O) groups is 1. The minimum Gasteiger partial charge on any atom is -0.497 e. The van der Waals surface area contributed by atoms with Crippen LogP contribution in [-0.2, 0) is 21.2 Å². The van der Waals surface area contributed by atoms with E-state index in [9.17, 15) is 13.2 Å². The number of nitrogens with zero attached hydrogens (tertiary/aromatic N) is 2. The molecule has 2 aromatic heterocycles. The topological polar surface area (TPSA) is 118 Å². The Kier molecular flexibility index (Phi) is 6.99. The summed E-state index contributed by atoms with van der Waals surface area (Å²) in [5.41, 5.74) is 2.54. The third-order valence-electron chi connectivity index (χ3n) is 6.85. The van der Waals surface area contributed by atoms with Crippen molar-refractivity contribution in [3.8, 4) is 5.75 Å². The van der Waals surface area contributed by atoms with Gasteiger partial charge in [0.05, 0.1) is 7.11 Å². The number of nitrogens with one attached hydrogen (secondary N) is 2. The summed E-state index contributed by atoms with van der Waals surface area (Å²) in [6.07, 6.45) is 3.95. The number of ether oxygens (including phenoxy) is 1. The number of benzene rings is 1. The molecule has 0 radical (unpaired) electrons. The van der Waals surface area contributed by atoms with Crippen molar-refractivity contribution in [2.75, 3.05) is 26.7 Å². The summed E-state index contributed by atoms with van der Waals surface area (Å²) in [7, 11) is -2.00. The average Bonchev–Trinajstić information content (AvgIpc) is 3.40. The van der Waals surface area contributed by atoms with Gasteiger partial charge >= 0.3 is 0 Å². The standard InChI is InChI=1S/C24H32N4O5S/c1-15(18-8-11-28(12-9-18)34(30,31)23-16(2)27-33-17(23)3)24(29)25-10-7-19-14-26-22-6-5-20(32-4)13-21(19)22/h5-6,13-15,18,26H,7-12H2,1-4H3,(H,25,29)/t15-/m0/s1. The fourth-order valence-corrected chi connectivity index (χ4v) is 6.54. The van der Waals surface area contributed by atoms with Crippen molar-refractivity contribution in [2.45, 2.75) is 44.9 Å². The van der Waals surface area contributed by atoms with Crippen LogP contribution in [0.1, 0.15) is 36.8 Å². The zero-order valence-electron chi connectivity index (χ0n) is 20.1. The van der Waals surface area contributed by atoms with Crippen molar-refractivity contribution in [3.05, 3.63) is 41.4 Å². The lowest BCUT2D eigenvalue weighted by Crippen LogP contribution is -2.43. The van der Waals surface area contributed by atoms with Crippen LogP contribution < -0.4 is 10.1 Å². The van der Waals surface area contributed by atoms with E-state index < -0.39 is 10.0 Å². The van der Waals surface area contributed by atoms with Crippen LogP contribution in [0.2, 0.25) is 0 Å². The Balaban J connectivity index is 1.30. The zero-order valence-corrected chi connectivity index (χ0v) is 20.9. The van der Waals surface area contributed by atoms with Crippen LogP contribution in [0.4, 0.5) is 0 Å². The van der Waals surface area contributed by atoms with E-state index >= 15 is 0 Å². The Hall–Kier alpha value is -2.85. The second-order valence-corrected chi connectivity index (χ2v) is 10.8. The third-order valence-corrected chi connectivity index (χ3v) is 9.00. The SMILES string of the molecule is COc1ccc2[nH]cc(CCNC(=O)[C@@H](C)C3CCN(S(=O)(=O)c4c(C)noc4C)CC3)c2c1. The highest BCUT2D eigenvalue weighted by Gasteiger charge is 2.36. The quantitative estimate of drug-likeness (QED) is 0.503. The minimum absolute atomic E-state index is 0.00412. The molecule has 3 aromatic rings. The summed E-state index contributed by atoms with van der Waals surface area (Å²) in [4.78, 5) is 16.2. The summed E-state index contributed by atoms with van der Waals surface area (Å²) >= 11 is 0. The maximum atomic E-state index is 13.0. The number of fused-ring (bicyclic) bond motifs is 1. The lowest BCUT2D eigenvalue weighted by Gasteiger charge is -2.33. The molecule has 184 valence electrons. The number of methoxy groups -OCH3 is 1. The number of hydrogen-bond donors (Lipinski definition) is 2. The molecule has 2 N–H and O–H groups in total. The van der Waals surface area contributed by atoms with E-state index in [1.165, 1.54) is 4.31 Å². The largest absolute Gasteiger partial charge is 0.497 e. The Morgan fingerprint density at radius 1 is 1.32 bits per heavy atom. The number of hydrogen-bond acceptors (Lipinski definition) is 6. The Morgan fingerprint density at radius 3 is 2.71 bits per heavy atom. The van der Waals surface area contributed by atoms with Gasteiger partial charge < -0.3 is 19.6 Å². The number of aromatic nitrogens is 2. The molecule has 10 heteroatoms. The molecule has 0 aliphatic carbocycles. The molecule has 0 bridgehead atoms. The molecule has 0 unspecified atom stereocenters. The molecule has 1 atom stereocenters. The predicted molar refractivity (Wildman–Crippen MR) is 128 cm³/mol. The van der Waals surface area contributed by atoms with Gasteiger partial charge in [0, 0.05) is 42.7 Å². The summed E-state index contributed by atoms with van der Waals surface area (Å²) in [6, 6.07) is 5.89. The molecular formula is C24H32N4O5S. The van der Waals surface area contributed by atoms with E-state index in [-0.39, 0.29) is 22.6 Å². The molecular weight excluding hydrogens is 456 g/mol. The van der Waals surface area contributed by atoms with E-state index in [4.69, 9.17) is 9.26 Å². The van der Waals surface area contributed by atoms with Crippen LogP contribution in [0.25, 0.3) is 10.9 Å². The van der Waals surface area contributed by atoms with Crippen molar-refractivity contribution in [3.63, 3.8) is 0 Å². The van der Waals surface area contributed by atoms with Crippen LogP contribution in [0, 0.1) is 25.7 Å². The molecule has 1 aromatic carbocycles. The second kappa shape index (κ2) is 9.79. The van der Waals surface area contributed by atoms with Gasteiger partial charge in [0.25, 0.3) is 0 Å². The molecule has 9 nitrogen and oxygen atoms in total. The van der Waals surface area contributed by atoms with Gasteiger partial charge in [-0.3, -0.25) is 4.79 Å². The fraction of sp³-hybridized carbons (Fsp3) is 0.500. The number of rotatable bonds is 8. The van der Waals surface area contributed by atoms with Gasteiger partial charge in [0.1, 0.15) is 16.3 Å². The van der Waals surface area contributed by atoms with E-state index in [1.54, 1.807) is 21.0 Å². The van der Waals surface area contributed by atoms with Crippen molar-refractivity contribution in [2.24, 2.45) is 11.8 Å². The van der Waals surface area contributed by atoms with Gasteiger partial charge in [-0.2, -0.15) is 4.31 Å².